The zero-order chi connectivity index (χ0) is 23.8. The summed E-state index contributed by atoms with van der Waals surface area (Å²) in [7, 11) is -4.02. The number of rotatable bonds is 6. The van der Waals surface area contributed by atoms with Crippen LogP contribution in [0.1, 0.15) is 32.9 Å². The Morgan fingerprint density at radius 2 is 1.82 bits per heavy atom. The van der Waals surface area contributed by atoms with Gasteiger partial charge >= 0.3 is 0 Å². The van der Waals surface area contributed by atoms with Gasteiger partial charge in [0, 0.05) is 10.6 Å². The predicted molar refractivity (Wildman–Crippen MR) is 131 cm³/mol. The van der Waals surface area contributed by atoms with Gasteiger partial charge in [-0.25, -0.2) is 18.1 Å². The highest BCUT2D eigenvalue weighted by Gasteiger charge is 2.20. The number of hydrogen-bond acceptors (Lipinski definition) is 4. The van der Waals surface area contributed by atoms with E-state index in [0.717, 1.165) is 22.5 Å². The number of carbonyl (C=O) groups is 1. The largest absolute Gasteiger partial charge is 0.324 e. The summed E-state index contributed by atoms with van der Waals surface area (Å²) in [5.41, 5.74) is 4.40. The first kappa shape index (κ1) is 22.8. The maximum absolute atomic E-state index is 12.8. The molecule has 33 heavy (non-hydrogen) atoms. The number of benzene rings is 3. The van der Waals surface area contributed by atoms with Gasteiger partial charge in [0.25, 0.3) is 15.9 Å². The molecule has 0 saturated carbocycles. The van der Waals surface area contributed by atoms with E-state index in [0.29, 0.717) is 22.6 Å². The molecule has 1 N–H and O–H groups in total. The minimum Gasteiger partial charge on any atom is -0.324 e. The minimum atomic E-state index is -4.02. The van der Waals surface area contributed by atoms with Crippen LogP contribution < -0.4 is 4.72 Å². The van der Waals surface area contributed by atoms with Crippen molar-refractivity contribution in [3.05, 3.63) is 100 Å². The highest BCUT2D eigenvalue weighted by atomic mass is 35.5. The molecule has 0 aliphatic carbocycles. The molecule has 0 bridgehead atoms. The topological polar surface area (TPSA) is 81.1 Å². The molecule has 0 aliphatic rings. The molecule has 6 nitrogen and oxygen atoms in total. The fourth-order valence-electron chi connectivity index (χ4n) is 3.56. The molecule has 0 atom stereocenters. The average molecular weight is 480 g/mol. The van der Waals surface area contributed by atoms with Crippen LogP contribution in [0.2, 0.25) is 5.02 Å². The molecule has 168 valence electrons. The van der Waals surface area contributed by atoms with Crippen molar-refractivity contribution in [3.63, 3.8) is 0 Å². The summed E-state index contributed by atoms with van der Waals surface area (Å²) in [6, 6.07) is 16.9. The van der Waals surface area contributed by atoms with Crippen molar-refractivity contribution in [2.75, 3.05) is 0 Å². The molecule has 1 heterocycles. The quantitative estimate of drug-likeness (QED) is 0.416. The van der Waals surface area contributed by atoms with E-state index in [9.17, 15) is 13.2 Å². The lowest BCUT2D eigenvalue weighted by atomic mass is 10.1. The smallest absolute Gasteiger partial charge is 0.265 e. The van der Waals surface area contributed by atoms with Crippen LogP contribution in [0.25, 0.3) is 17.1 Å². The Morgan fingerprint density at radius 3 is 2.48 bits per heavy atom. The molecule has 0 radical (unpaired) electrons. The van der Waals surface area contributed by atoms with Crippen LogP contribution in [0.15, 0.2) is 72.1 Å². The second kappa shape index (κ2) is 8.84. The van der Waals surface area contributed by atoms with Gasteiger partial charge in [0.05, 0.1) is 22.5 Å². The van der Waals surface area contributed by atoms with Gasteiger partial charge in [-0.1, -0.05) is 48.5 Å². The Kier molecular flexibility index (Phi) is 6.10. The molecule has 8 heteroatoms. The summed E-state index contributed by atoms with van der Waals surface area (Å²) in [5, 5.41) is 0.652. The van der Waals surface area contributed by atoms with Crippen molar-refractivity contribution >= 4 is 44.6 Å². The van der Waals surface area contributed by atoms with E-state index in [-0.39, 0.29) is 10.5 Å². The van der Waals surface area contributed by atoms with E-state index in [4.69, 9.17) is 11.6 Å². The Balaban J connectivity index is 1.65. The van der Waals surface area contributed by atoms with Crippen LogP contribution in [0.3, 0.4) is 0 Å². The van der Waals surface area contributed by atoms with Crippen molar-refractivity contribution in [3.8, 4) is 0 Å². The van der Waals surface area contributed by atoms with Crippen molar-refractivity contribution in [1.29, 1.82) is 0 Å². The number of amides is 1. The van der Waals surface area contributed by atoms with E-state index in [2.05, 4.69) is 16.3 Å². The first-order valence-electron chi connectivity index (χ1n) is 10.2. The zero-order valence-corrected chi connectivity index (χ0v) is 19.7. The molecule has 3 aromatic carbocycles. The molecular formula is C25H22ClN3O3S. The standard InChI is InChI=1S/C25H22ClN3O3S/c1-4-18-6-10-21(11-7-18)33(31,32)28-25(30)19-9-12-23-24(14-19)29(17(3)27-23)15-20-8-5-16(2)13-22(20)26/h4-14H,1,15H2,2-3H3,(H,28,30). The molecule has 0 saturated heterocycles. The lowest BCUT2D eigenvalue weighted by molar-refractivity contribution is 0.0981. The molecule has 1 aromatic heterocycles. The monoisotopic (exact) mass is 479 g/mol. The lowest BCUT2D eigenvalue weighted by Crippen LogP contribution is -2.30. The van der Waals surface area contributed by atoms with Gasteiger partial charge in [-0.3, -0.25) is 4.79 Å². The molecule has 0 spiro atoms. The number of halogens is 1. The van der Waals surface area contributed by atoms with Crippen LogP contribution in [0.5, 0.6) is 0 Å². The predicted octanol–water partition coefficient (Wildman–Crippen LogP) is 5.12. The Labute approximate surface area is 197 Å². The highest BCUT2D eigenvalue weighted by Crippen LogP contribution is 2.24. The zero-order valence-electron chi connectivity index (χ0n) is 18.2. The molecule has 0 fully saturated rings. The van der Waals surface area contributed by atoms with Crippen LogP contribution in [0, 0.1) is 13.8 Å². The second-order valence-corrected chi connectivity index (χ2v) is 9.84. The van der Waals surface area contributed by atoms with Crippen LogP contribution in [-0.4, -0.2) is 23.9 Å². The van der Waals surface area contributed by atoms with Gasteiger partial charge in [-0.2, -0.15) is 0 Å². The number of aromatic nitrogens is 2. The van der Waals surface area contributed by atoms with E-state index >= 15 is 0 Å². The molecule has 4 aromatic rings. The van der Waals surface area contributed by atoms with Gasteiger partial charge in [0.2, 0.25) is 0 Å². The maximum atomic E-state index is 12.8. The number of hydrogen-bond donors (Lipinski definition) is 1. The number of aryl methyl sites for hydroxylation is 2. The van der Waals surface area contributed by atoms with Crippen LogP contribution in [0.4, 0.5) is 0 Å². The van der Waals surface area contributed by atoms with E-state index in [1.165, 1.54) is 12.1 Å². The first-order valence-corrected chi connectivity index (χ1v) is 12.1. The third-order valence-corrected chi connectivity index (χ3v) is 7.09. The fourth-order valence-corrected chi connectivity index (χ4v) is 4.83. The van der Waals surface area contributed by atoms with Crippen LogP contribution in [-0.2, 0) is 16.6 Å². The number of nitrogens with one attached hydrogen (secondary N) is 1. The number of nitrogens with zero attached hydrogens (tertiary/aromatic N) is 2. The van der Waals surface area contributed by atoms with Gasteiger partial charge in [0.15, 0.2) is 0 Å². The van der Waals surface area contributed by atoms with E-state index in [1.54, 1.807) is 36.4 Å². The minimum absolute atomic E-state index is 0.00238. The maximum Gasteiger partial charge on any atom is 0.265 e. The highest BCUT2D eigenvalue weighted by molar-refractivity contribution is 7.90. The normalized spacial score (nSPS) is 11.5. The third kappa shape index (κ3) is 4.69. The Hall–Kier alpha value is -3.42. The average Bonchev–Trinajstić information content (AvgIpc) is 3.09. The van der Waals surface area contributed by atoms with E-state index < -0.39 is 15.9 Å². The summed E-state index contributed by atoms with van der Waals surface area (Å²) in [4.78, 5) is 17.4. The Morgan fingerprint density at radius 1 is 1.09 bits per heavy atom. The number of fused-ring (bicyclic) bond motifs is 1. The lowest BCUT2D eigenvalue weighted by Gasteiger charge is -2.11. The summed E-state index contributed by atoms with van der Waals surface area (Å²) < 4.78 is 29.4. The molecule has 1 amide bonds. The summed E-state index contributed by atoms with van der Waals surface area (Å²) in [6.07, 6.45) is 1.61. The van der Waals surface area contributed by atoms with Crippen molar-refractivity contribution in [2.24, 2.45) is 0 Å². The van der Waals surface area contributed by atoms with Crippen molar-refractivity contribution in [1.82, 2.24) is 14.3 Å². The van der Waals surface area contributed by atoms with Gasteiger partial charge in [0.1, 0.15) is 5.82 Å². The number of imidazole rings is 1. The molecule has 4 rings (SSSR count). The fraction of sp³-hybridized carbons (Fsp3) is 0.120. The van der Waals surface area contributed by atoms with E-state index in [1.807, 2.05) is 36.6 Å². The van der Waals surface area contributed by atoms with Crippen molar-refractivity contribution in [2.45, 2.75) is 25.3 Å². The Bertz CT molecular complexity index is 1490. The molecule has 0 aliphatic heterocycles. The van der Waals surface area contributed by atoms with Crippen molar-refractivity contribution < 1.29 is 13.2 Å². The molecule has 0 unspecified atom stereocenters. The first-order chi connectivity index (χ1) is 15.7. The van der Waals surface area contributed by atoms with Gasteiger partial charge in [-0.15, -0.1) is 0 Å². The number of sulfonamides is 1. The summed E-state index contributed by atoms with van der Waals surface area (Å²) in [6.45, 7) is 7.97. The van der Waals surface area contributed by atoms with Gasteiger partial charge < -0.3 is 4.57 Å². The van der Waals surface area contributed by atoms with Gasteiger partial charge in [-0.05, 0) is 66.9 Å². The summed E-state index contributed by atoms with van der Waals surface area (Å²) >= 11 is 6.41. The summed E-state index contributed by atoms with van der Waals surface area (Å²) in [5.74, 6) is 0.0394. The molecular weight excluding hydrogens is 458 g/mol. The van der Waals surface area contributed by atoms with Crippen LogP contribution >= 0.6 is 11.6 Å². The second-order valence-electron chi connectivity index (χ2n) is 7.75. The number of carbonyl (C=O) groups excluding carboxylic acids is 1. The SMILES string of the molecule is C=Cc1ccc(S(=O)(=O)NC(=O)c2ccc3nc(C)n(Cc4ccc(C)cc4Cl)c3c2)cc1. The third-order valence-electron chi connectivity index (χ3n) is 5.39.